The quantitative estimate of drug-likeness (QED) is 0.242. The maximum atomic E-state index is 13.6. The van der Waals surface area contributed by atoms with Crippen LogP contribution in [0.5, 0.6) is 0 Å². The van der Waals surface area contributed by atoms with Gasteiger partial charge >= 0.3 is 0 Å². The van der Waals surface area contributed by atoms with Gasteiger partial charge in [-0.05, 0) is 60.9 Å². The van der Waals surface area contributed by atoms with Gasteiger partial charge in [0, 0.05) is 61.0 Å². The minimum atomic E-state index is -0.295. The lowest BCUT2D eigenvalue weighted by Gasteiger charge is -2.32. The molecule has 11 heteroatoms. The van der Waals surface area contributed by atoms with Crippen molar-refractivity contribution < 1.29 is 4.39 Å². The number of pyridine rings is 1. The lowest BCUT2D eigenvalue weighted by atomic mass is 10.0. The molecule has 7 rings (SSSR count). The molecule has 6 aromatic rings. The number of hydrogen-bond acceptors (Lipinski definition) is 9. The van der Waals surface area contributed by atoms with Gasteiger partial charge in [-0.25, -0.2) is 24.3 Å². The minimum Gasteiger partial charge on any atom is -0.383 e. The number of aromatic nitrogens is 6. The van der Waals surface area contributed by atoms with Gasteiger partial charge in [0.2, 0.25) is 5.82 Å². The Morgan fingerprint density at radius 3 is 2.44 bits per heavy atom. The van der Waals surface area contributed by atoms with E-state index in [1.807, 2.05) is 28.8 Å². The number of hydrogen-bond donors (Lipinski definition) is 2. The fourth-order valence-corrected chi connectivity index (χ4v) is 5.77. The second-order valence-corrected chi connectivity index (χ2v) is 11.0. The number of nitrogens with zero attached hydrogens (tertiary/aromatic N) is 8. The predicted molar refractivity (Wildman–Crippen MR) is 170 cm³/mol. The van der Waals surface area contributed by atoms with Crippen molar-refractivity contribution >= 4 is 17.3 Å². The summed E-state index contributed by atoms with van der Waals surface area (Å²) in [7, 11) is 0. The van der Waals surface area contributed by atoms with Gasteiger partial charge in [0.1, 0.15) is 29.2 Å². The normalized spacial score (nSPS) is 14.0. The molecule has 0 bridgehead atoms. The highest BCUT2D eigenvalue weighted by molar-refractivity contribution is 5.86. The molecule has 5 heterocycles. The number of piperidine rings is 1. The van der Waals surface area contributed by atoms with E-state index in [1.165, 1.54) is 17.7 Å². The molecular weight excluding hydrogens is 567 g/mol. The standard InChI is InChI=1S/C34H29FN10/c35-25-9-7-23(8-10-25)28-21-45-31(19-40-28)43-32(27-2-1-14-39-34(27)37)33(45)24-5-3-22(4-6-24)20-44-16-12-26(13-17-44)41-29-11-15-38-30(18-36)42-29/h1-11,14-15,19,21,26H,12-13,16-17,20H2,(H2,37,39)(H,38,41,42). The van der Waals surface area contributed by atoms with Crippen molar-refractivity contribution in [2.24, 2.45) is 0 Å². The third-order valence-corrected chi connectivity index (χ3v) is 8.07. The van der Waals surface area contributed by atoms with E-state index in [9.17, 15) is 4.39 Å². The van der Waals surface area contributed by atoms with Gasteiger partial charge in [0.15, 0.2) is 5.65 Å². The molecule has 1 fully saturated rings. The van der Waals surface area contributed by atoms with E-state index in [4.69, 9.17) is 16.0 Å². The summed E-state index contributed by atoms with van der Waals surface area (Å²) in [4.78, 5) is 24.5. The van der Waals surface area contributed by atoms with E-state index in [2.05, 4.69) is 54.4 Å². The van der Waals surface area contributed by atoms with Crippen molar-refractivity contribution in [3.8, 4) is 39.8 Å². The van der Waals surface area contributed by atoms with Crippen LogP contribution in [0.1, 0.15) is 24.2 Å². The summed E-state index contributed by atoms with van der Waals surface area (Å²) in [6, 6.07) is 22.7. The van der Waals surface area contributed by atoms with E-state index in [0.29, 0.717) is 34.7 Å². The third-order valence-electron chi connectivity index (χ3n) is 8.07. The SMILES string of the molecule is N#Cc1nccc(NC2CCN(Cc3ccc(-c4c(-c5cccnc5N)nc5cnc(-c6ccc(F)cc6)cn45)cc3)CC2)n1. The Hall–Kier alpha value is -5.73. The molecule has 0 aliphatic carbocycles. The lowest BCUT2D eigenvalue weighted by Crippen LogP contribution is -2.38. The number of rotatable bonds is 7. The highest BCUT2D eigenvalue weighted by Gasteiger charge is 2.21. The van der Waals surface area contributed by atoms with Crippen molar-refractivity contribution in [2.75, 3.05) is 24.1 Å². The highest BCUT2D eigenvalue weighted by atomic mass is 19.1. The molecule has 0 spiro atoms. The number of nitrogens with two attached hydrogens (primary N) is 1. The van der Waals surface area contributed by atoms with E-state index < -0.39 is 0 Å². The van der Waals surface area contributed by atoms with Gasteiger partial charge in [-0.1, -0.05) is 24.3 Å². The van der Waals surface area contributed by atoms with Crippen LogP contribution in [0.2, 0.25) is 0 Å². The Labute approximate surface area is 259 Å². The van der Waals surface area contributed by atoms with Crippen LogP contribution >= 0.6 is 0 Å². The zero-order chi connectivity index (χ0) is 30.8. The number of benzene rings is 2. The first-order valence-electron chi connectivity index (χ1n) is 14.7. The van der Waals surface area contributed by atoms with Gasteiger partial charge in [0.05, 0.1) is 17.6 Å². The Morgan fingerprint density at radius 1 is 0.911 bits per heavy atom. The summed E-state index contributed by atoms with van der Waals surface area (Å²) in [6.07, 6.45) is 8.87. The number of nitrogen functional groups attached to an aromatic ring is 1. The molecule has 2 aromatic carbocycles. The average molecular weight is 597 g/mol. The maximum absolute atomic E-state index is 13.6. The van der Waals surface area contributed by atoms with Crippen molar-refractivity contribution in [1.29, 1.82) is 5.26 Å². The fraction of sp³-hybridized carbons (Fsp3) is 0.176. The first-order valence-corrected chi connectivity index (χ1v) is 14.7. The van der Waals surface area contributed by atoms with Gasteiger partial charge < -0.3 is 11.1 Å². The molecule has 1 saturated heterocycles. The molecule has 1 aliphatic rings. The molecule has 10 nitrogen and oxygen atoms in total. The van der Waals surface area contributed by atoms with Crippen LogP contribution in [-0.2, 0) is 6.54 Å². The summed E-state index contributed by atoms with van der Waals surface area (Å²) in [5, 5.41) is 12.5. The second kappa shape index (κ2) is 12.1. The van der Waals surface area contributed by atoms with Crippen LogP contribution in [0.25, 0.3) is 39.4 Å². The molecule has 45 heavy (non-hydrogen) atoms. The highest BCUT2D eigenvalue weighted by Crippen LogP contribution is 2.36. The molecule has 0 amide bonds. The first-order chi connectivity index (χ1) is 22.0. The van der Waals surface area contributed by atoms with Crippen LogP contribution in [0, 0.1) is 17.1 Å². The minimum absolute atomic E-state index is 0.172. The third kappa shape index (κ3) is 5.91. The molecule has 1 aliphatic heterocycles. The zero-order valence-electron chi connectivity index (χ0n) is 24.3. The van der Waals surface area contributed by atoms with E-state index >= 15 is 0 Å². The van der Waals surface area contributed by atoms with Crippen LogP contribution in [-0.4, -0.2) is 53.4 Å². The Bertz CT molecular complexity index is 2010. The van der Waals surface area contributed by atoms with Crippen molar-refractivity contribution in [2.45, 2.75) is 25.4 Å². The summed E-state index contributed by atoms with van der Waals surface area (Å²) in [5.74, 6) is 0.964. The van der Waals surface area contributed by atoms with E-state index in [0.717, 1.165) is 54.9 Å². The summed E-state index contributed by atoms with van der Waals surface area (Å²) in [5.41, 5.74) is 13.0. The van der Waals surface area contributed by atoms with Crippen LogP contribution in [0.3, 0.4) is 0 Å². The summed E-state index contributed by atoms with van der Waals surface area (Å²) >= 11 is 0. The first kappa shape index (κ1) is 28.1. The molecule has 0 radical (unpaired) electrons. The number of likely N-dealkylation sites (tertiary alicyclic amines) is 1. The van der Waals surface area contributed by atoms with Crippen molar-refractivity contribution in [3.63, 3.8) is 0 Å². The summed E-state index contributed by atoms with van der Waals surface area (Å²) < 4.78 is 15.6. The number of nitrogens with one attached hydrogen (secondary N) is 1. The van der Waals surface area contributed by atoms with Gasteiger partial charge in [-0.3, -0.25) is 14.3 Å². The fourth-order valence-electron chi connectivity index (χ4n) is 5.77. The number of nitriles is 1. The maximum Gasteiger partial charge on any atom is 0.234 e. The van der Waals surface area contributed by atoms with Gasteiger partial charge in [0.25, 0.3) is 0 Å². The molecule has 0 atom stereocenters. The van der Waals surface area contributed by atoms with Crippen LogP contribution < -0.4 is 11.1 Å². The zero-order valence-corrected chi connectivity index (χ0v) is 24.3. The predicted octanol–water partition coefficient (Wildman–Crippen LogP) is 5.58. The van der Waals surface area contributed by atoms with Crippen molar-refractivity contribution in [3.05, 3.63) is 109 Å². The van der Waals surface area contributed by atoms with Gasteiger partial charge in [-0.2, -0.15) is 5.26 Å². The number of imidazole rings is 1. The molecule has 3 N–H and O–H groups in total. The average Bonchev–Trinajstić information content (AvgIpc) is 3.45. The lowest BCUT2D eigenvalue weighted by molar-refractivity contribution is 0.211. The number of halogens is 1. The Kier molecular flexibility index (Phi) is 7.55. The number of fused-ring (bicyclic) bond motifs is 1. The monoisotopic (exact) mass is 596 g/mol. The Balaban J connectivity index is 1.13. The van der Waals surface area contributed by atoms with Crippen molar-refractivity contribution in [1.82, 2.24) is 34.2 Å². The molecule has 0 unspecified atom stereocenters. The summed E-state index contributed by atoms with van der Waals surface area (Å²) in [6.45, 7) is 2.74. The Morgan fingerprint density at radius 2 is 1.69 bits per heavy atom. The smallest absolute Gasteiger partial charge is 0.234 e. The van der Waals surface area contributed by atoms with Crippen LogP contribution in [0.4, 0.5) is 16.0 Å². The van der Waals surface area contributed by atoms with Crippen LogP contribution in [0.15, 0.2) is 91.5 Å². The molecule has 4 aromatic heterocycles. The second-order valence-electron chi connectivity index (χ2n) is 11.0. The topological polar surface area (TPSA) is 134 Å². The molecule has 222 valence electrons. The van der Waals surface area contributed by atoms with E-state index in [-0.39, 0.29) is 11.6 Å². The molecule has 0 saturated carbocycles. The number of anilines is 2. The largest absolute Gasteiger partial charge is 0.383 e. The van der Waals surface area contributed by atoms with E-state index in [1.54, 1.807) is 36.8 Å². The molecular formula is C34H29FN10. The van der Waals surface area contributed by atoms with Gasteiger partial charge in [-0.15, -0.1) is 0 Å².